The topological polar surface area (TPSA) is 78.9 Å². The van der Waals surface area contributed by atoms with E-state index in [9.17, 15) is 22.3 Å². The first-order chi connectivity index (χ1) is 11.8. The molecule has 0 saturated heterocycles. The highest BCUT2D eigenvalue weighted by Gasteiger charge is 2.33. The number of aliphatic hydroxyl groups is 1. The van der Waals surface area contributed by atoms with Gasteiger partial charge in [-0.3, -0.25) is 0 Å². The third-order valence-corrected chi connectivity index (χ3v) is 4.87. The van der Waals surface area contributed by atoms with E-state index in [1.807, 2.05) is 4.72 Å². The lowest BCUT2D eigenvalue weighted by molar-refractivity contribution is 0.290. The number of anilines is 1. The van der Waals surface area contributed by atoms with Crippen LogP contribution >= 0.6 is 0 Å². The van der Waals surface area contributed by atoms with Crippen molar-refractivity contribution in [1.29, 1.82) is 0 Å². The number of nitrogens with zero attached hydrogens (tertiary/aromatic N) is 1. The Morgan fingerprint density at radius 1 is 1.24 bits per heavy atom. The average molecular weight is 368 g/mol. The van der Waals surface area contributed by atoms with Crippen molar-refractivity contribution in [3.63, 3.8) is 0 Å². The van der Waals surface area contributed by atoms with Gasteiger partial charge in [-0.25, -0.2) is 17.8 Å². The summed E-state index contributed by atoms with van der Waals surface area (Å²) in [5, 5.41) is 9.39. The Labute approximate surface area is 143 Å². The fourth-order valence-corrected chi connectivity index (χ4v) is 3.35. The lowest BCUT2D eigenvalue weighted by Gasteiger charge is -2.20. The standard InChI is InChI=1S/C16H14F2N2O4S/c1-10-12(17)7-13(20-8-14(21)19-25(20,22)23)16(15(10)18)24-9-11-5-3-2-4-6-11/h2-8,19,21H,9H2,1H3. The van der Waals surface area contributed by atoms with Gasteiger partial charge in [0.15, 0.2) is 11.6 Å². The quantitative estimate of drug-likeness (QED) is 0.870. The molecule has 0 bridgehead atoms. The first-order valence-corrected chi connectivity index (χ1v) is 8.62. The molecule has 0 unspecified atom stereocenters. The smallest absolute Gasteiger partial charge is 0.330 e. The normalized spacial score (nSPS) is 15.6. The molecule has 132 valence electrons. The molecule has 2 aromatic rings. The zero-order chi connectivity index (χ0) is 18.2. The van der Waals surface area contributed by atoms with E-state index in [1.54, 1.807) is 30.3 Å². The molecule has 1 aliphatic rings. The second-order valence-corrected chi connectivity index (χ2v) is 6.88. The summed E-state index contributed by atoms with van der Waals surface area (Å²) in [5.41, 5.74) is 0.0354. The van der Waals surface area contributed by atoms with Crippen LogP contribution in [-0.4, -0.2) is 13.5 Å². The van der Waals surface area contributed by atoms with Crippen molar-refractivity contribution in [1.82, 2.24) is 4.72 Å². The maximum absolute atomic E-state index is 14.5. The van der Waals surface area contributed by atoms with Gasteiger partial charge >= 0.3 is 10.2 Å². The molecule has 1 heterocycles. The predicted octanol–water partition coefficient (Wildman–Crippen LogP) is 2.86. The van der Waals surface area contributed by atoms with Crippen molar-refractivity contribution >= 4 is 15.9 Å². The lowest BCUT2D eigenvalue weighted by Crippen LogP contribution is -2.30. The number of benzene rings is 2. The molecule has 9 heteroatoms. The summed E-state index contributed by atoms with van der Waals surface area (Å²) in [7, 11) is -4.21. The van der Waals surface area contributed by atoms with Gasteiger partial charge < -0.3 is 9.84 Å². The second kappa shape index (κ2) is 6.25. The summed E-state index contributed by atoms with van der Waals surface area (Å²) < 4.78 is 60.3. The van der Waals surface area contributed by atoms with E-state index in [0.717, 1.165) is 17.8 Å². The molecule has 6 nitrogen and oxygen atoms in total. The van der Waals surface area contributed by atoms with Crippen LogP contribution in [0.5, 0.6) is 5.75 Å². The molecular weight excluding hydrogens is 354 g/mol. The number of ether oxygens (including phenoxy) is 1. The Bertz CT molecular complexity index is 946. The van der Waals surface area contributed by atoms with E-state index >= 15 is 0 Å². The van der Waals surface area contributed by atoms with Gasteiger partial charge in [0.1, 0.15) is 18.1 Å². The van der Waals surface area contributed by atoms with E-state index < -0.39 is 33.5 Å². The number of nitrogens with one attached hydrogen (secondary N) is 1. The first-order valence-electron chi connectivity index (χ1n) is 7.18. The monoisotopic (exact) mass is 368 g/mol. The molecule has 0 amide bonds. The van der Waals surface area contributed by atoms with Crippen molar-refractivity contribution in [3.8, 4) is 5.75 Å². The van der Waals surface area contributed by atoms with Gasteiger partial charge in [0, 0.05) is 11.6 Å². The third kappa shape index (κ3) is 3.22. The predicted molar refractivity (Wildman–Crippen MR) is 87.1 cm³/mol. The van der Waals surface area contributed by atoms with Crippen LogP contribution in [0.1, 0.15) is 11.1 Å². The minimum absolute atomic E-state index is 0.0488. The average Bonchev–Trinajstić information content (AvgIpc) is 2.84. The molecular formula is C16H14F2N2O4S. The maximum Gasteiger partial charge on any atom is 0.330 e. The van der Waals surface area contributed by atoms with Crippen molar-refractivity contribution in [2.75, 3.05) is 4.31 Å². The summed E-state index contributed by atoms with van der Waals surface area (Å²) in [4.78, 5) is 0. The first kappa shape index (κ1) is 17.0. The fourth-order valence-electron chi connectivity index (χ4n) is 2.30. The number of hydrogen-bond donors (Lipinski definition) is 2. The van der Waals surface area contributed by atoms with Crippen molar-refractivity contribution in [2.24, 2.45) is 0 Å². The highest BCUT2D eigenvalue weighted by atomic mass is 32.2. The Kier molecular flexibility index (Phi) is 4.25. The van der Waals surface area contributed by atoms with Crippen LogP contribution in [-0.2, 0) is 16.8 Å². The summed E-state index contributed by atoms with van der Waals surface area (Å²) in [6, 6.07) is 9.66. The Morgan fingerprint density at radius 3 is 2.52 bits per heavy atom. The minimum atomic E-state index is -4.21. The molecule has 0 aromatic heterocycles. The lowest BCUT2D eigenvalue weighted by atomic mass is 10.1. The number of aliphatic hydroxyl groups excluding tert-OH is 1. The SMILES string of the molecule is Cc1c(F)cc(N2C=C(O)NS2(=O)=O)c(OCc2ccccc2)c1F. The van der Waals surface area contributed by atoms with Crippen LogP contribution in [0.2, 0.25) is 0 Å². The summed E-state index contributed by atoms with van der Waals surface area (Å²) >= 11 is 0. The van der Waals surface area contributed by atoms with E-state index in [0.29, 0.717) is 4.31 Å². The molecule has 0 radical (unpaired) electrons. The molecule has 0 fully saturated rings. The van der Waals surface area contributed by atoms with Gasteiger partial charge in [-0.2, -0.15) is 8.42 Å². The molecule has 2 aromatic carbocycles. The third-order valence-electron chi connectivity index (χ3n) is 3.58. The zero-order valence-electron chi connectivity index (χ0n) is 13.0. The van der Waals surface area contributed by atoms with Crippen LogP contribution in [0.25, 0.3) is 0 Å². The molecule has 3 rings (SSSR count). The molecule has 25 heavy (non-hydrogen) atoms. The molecule has 0 atom stereocenters. The van der Waals surface area contributed by atoms with Gasteiger partial charge in [-0.1, -0.05) is 30.3 Å². The number of rotatable bonds is 4. The highest BCUT2D eigenvalue weighted by molar-refractivity contribution is 7.91. The summed E-state index contributed by atoms with van der Waals surface area (Å²) in [6.07, 6.45) is 0.800. The molecule has 0 saturated carbocycles. The van der Waals surface area contributed by atoms with Crippen LogP contribution in [0.15, 0.2) is 48.5 Å². The van der Waals surface area contributed by atoms with E-state index in [2.05, 4.69) is 0 Å². The molecule has 0 aliphatic carbocycles. The Balaban J connectivity index is 2.06. The van der Waals surface area contributed by atoms with Crippen molar-refractivity contribution < 1.29 is 27.0 Å². The minimum Gasteiger partial charge on any atom is -0.493 e. The van der Waals surface area contributed by atoms with Gasteiger partial charge in [0.25, 0.3) is 0 Å². The maximum atomic E-state index is 14.5. The van der Waals surface area contributed by atoms with E-state index in [1.165, 1.54) is 6.92 Å². The van der Waals surface area contributed by atoms with Crippen molar-refractivity contribution in [2.45, 2.75) is 13.5 Å². The Morgan fingerprint density at radius 2 is 1.92 bits per heavy atom. The largest absolute Gasteiger partial charge is 0.493 e. The summed E-state index contributed by atoms with van der Waals surface area (Å²) in [5.74, 6) is -3.05. The molecule has 0 spiro atoms. The zero-order valence-corrected chi connectivity index (χ0v) is 13.8. The summed E-state index contributed by atoms with van der Waals surface area (Å²) in [6.45, 7) is 1.17. The van der Waals surface area contributed by atoms with Crippen LogP contribution < -0.4 is 13.8 Å². The second-order valence-electron chi connectivity index (χ2n) is 5.34. The number of hydrogen-bond acceptors (Lipinski definition) is 4. The van der Waals surface area contributed by atoms with Gasteiger partial charge in [-0.15, -0.1) is 0 Å². The fraction of sp³-hybridized carbons (Fsp3) is 0.125. The van der Waals surface area contributed by atoms with E-state index in [4.69, 9.17) is 4.74 Å². The molecule has 2 N–H and O–H groups in total. The van der Waals surface area contributed by atoms with Gasteiger partial charge in [-0.05, 0) is 12.5 Å². The highest BCUT2D eigenvalue weighted by Crippen LogP contribution is 2.38. The Hall–Kier alpha value is -2.81. The van der Waals surface area contributed by atoms with Crippen LogP contribution in [0.4, 0.5) is 14.5 Å². The van der Waals surface area contributed by atoms with Crippen LogP contribution in [0.3, 0.4) is 0 Å². The van der Waals surface area contributed by atoms with E-state index in [-0.39, 0.29) is 17.9 Å². The van der Waals surface area contributed by atoms with Gasteiger partial charge in [0.2, 0.25) is 5.88 Å². The number of halogens is 2. The van der Waals surface area contributed by atoms with Gasteiger partial charge in [0.05, 0.1) is 6.20 Å². The molecule has 1 aliphatic heterocycles. The van der Waals surface area contributed by atoms with Crippen LogP contribution in [0, 0.1) is 18.6 Å². The van der Waals surface area contributed by atoms with Crippen molar-refractivity contribution in [3.05, 3.63) is 71.2 Å².